The van der Waals surface area contributed by atoms with E-state index in [4.69, 9.17) is 9.84 Å². The number of carbonyl (C=O) groups is 2. The predicted molar refractivity (Wildman–Crippen MR) is 50.9 cm³/mol. The van der Waals surface area contributed by atoms with Gasteiger partial charge in [0.15, 0.2) is 0 Å². The number of amides is 1. The molecule has 1 unspecified atom stereocenters. The van der Waals surface area contributed by atoms with Crippen LogP contribution < -0.4 is 5.32 Å². The second-order valence-corrected chi connectivity index (χ2v) is 3.27. The molecule has 0 saturated carbocycles. The zero-order valence-corrected chi connectivity index (χ0v) is 8.74. The molecule has 0 aliphatic carbocycles. The number of nitrogens with one attached hydrogen (secondary N) is 1. The number of hydrogen-bond acceptors (Lipinski definition) is 3. The van der Waals surface area contributed by atoms with Crippen molar-refractivity contribution in [2.45, 2.75) is 26.9 Å². The van der Waals surface area contributed by atoms with Gasteiger partial charge in [-0.05, 0) is 20.8 Å². The van der Waals surface area contributed by atoms with E-state index in [1.165, 1.54) is 6.92 Å². The maximum atomic E-state index is 11.1. The minimum Gasteiger partial charge on any atom is -0.481 e. The molecule has 2 N–H and O–H groups in total. The van der Waals surface area contributed by atoms with Gasteiger partial charge in [-0.3, -0.25) is 9.59 Å². The van der Waals surface area contributed by atoms with E-state index in [0.29, 0.717) is 13.2 Å². The van der Waals surface area contributed by atoms with Crippen LogP contribution in [0.2, 0.25) is 0 Å². The van der Waals surface area contributed by atoms with Crippen molar-refractivity contribution in [2.24, 2.45) is 5.92 Å². The summed E-state index contributed by atoms with van der Waals surface area (Å²) in [5.41, 5.74) is 0. The fraction of sp³-hybridized carbons (Fsp3) is 0.778. The molecule has 0 aromatic heterocycles. The Kier molecular flexibility index (Phi) is 5.87. The Morgan fingerprint density at radius 3 is 2.36 bits per heavy atom. The molecule has 0 radical (unpaired) electrons. The van der Waals surface area contributed by atoms with Gasteiger partial charge in [0.1, 0.15) is 5.92 Å². The Labute approximate surface area is 83.4 Å². The topological polar surface area (TPSA) is 75.6 Å². The first kappa shape index (κ1) is 12.9. The van der Waals surface area contributed by atoms with Crippen LogP contribution in [0, 0.1) is 5.92 Å². The van der Waals surface area contributed by atoms with Gasteiger partial charge in [-0.2, -0.15) is 0 Å². The average Bonchev–Trinajstić information content (AvgIpc) is 2.10. The predicted octanol–water partition coefficient (Wildman–Crippen LogP) is 0.248. The highest BCUT2D eigenvalue weighted by molar-refractivity contribution is 5.96. The van der Waals surface area contributed by atoms with E-state index in [2.05, 4.69) is 5.32 Å². The monoisotopic (exact) mass is 203 g/mol. The number of carboxylic acids is 1. The van der Waals surface area contributed by atoms with Crippen LogP contribution in [-0.4, -0.2) is 36.2 Å². The highest BCUT2D eigenvalue weighted by atomic mass is 16.5. The summed E-state index contributed by atoms with van der Waals surface area (Å²) in [6.45, 7) is 5.87. The van der Waals surface area contributed by atoms with Crippen LogP contribution in [0.15, 0.2) is 0 Å². The van der Waals surface area contributed by atoms with Crippen molar-refractivity contribution >= 4 is 11.9 Å². The van der Waals surface area contributed by atoms with Gasteiger partial charge in [0.25, 0.3) is 0 Å². The summed E-state index contributed by atoms with van der Waals surface area (Å²) in [4.78, 5) is 21.5. The van der Waals surface area contributed by atoms with Crippen LogP contribution in [0.3, 0.4) is 0 Å². The zero-order chi connectivity index (χ0) is 11.1. The van der Waals surface area contributed by atoms with Crippen molar-refractivity contribution in [3.05, 3.63) is 0 Å². The molecule has 1 amide bonds. The normalized spacial score (nSPS) is 12.6. The summed E-state index contributed by atoms with van der Waals surface area (Å²) in [7, 11) is 0. The van der Waals surface area contributed by atoms with Gasteiger partial charge in [0.05, 0.1) is 12.7 Å². The Hall–Kier alpha value is -1.10. The molecule has 0 aromatic rings. The smallest absolute Gasteiger partial charge is 0.315 e. The van der Waals surface area contributed by atoms with E-state index in [-0.39, 0.29) is 6.10 Å². The molecular weight excluding hydrogens is 186 g/mol. The number of aliphatic carboxylic acids is 1. The molecular formula is C9H17NO4. The lowest BCUT2D eigenvalue weighted by molar-refractivity contribution is -0.146. The third kappa shape index (κ3) is 5.53. The molecule has 5 nitrogen and oxygen atoms in total. The van der Waals surface area contributed by atoms with Crippen molar-refractivity contribution in [3.8, 4) is 0 Å². The molecule has 0 spiro atoms. The van der Waals surface area contributed by atoms with Crippen LogP contribution in [0.1, 0.15) is 20.8 Å². The van der Waals surface area contributed by atoms with Crippen molar-refractivity contribution in [3.63, 3.8) is 0 Å². The molecule has 0 bridgehead atoms. The molecule has 0 saturated heterocycles. The summed E-state index contributed by atoms with van der Waals surface area (Å²) in [6, 6.07) is 0. The number of hydrogen-bond donors (Lipinski definition) is 2. The summed E-state index contributed by atoms with van der Waals surface area (Å²) in [6.07, 6.45) is 0.115. The summed E-state index contributed by atoms with van der Waals surface area (Å²) >= 11 is 0. The van der Waals surface area contributed by atoms with Crippen LogP contribution in [-0.2, 0) is 14.3 Å². The minimum absolute atomic E-state index is 0.115. The summed E-state index contributed by atoms with van der Waals surface area (Å²) < 4.78 is 5.17. The lowest BCUT2D eigenvalue weighted by Crippen LogP contribution is -2.35. The fourth-order valence-corrected chi connectivity index (χ4v) is 0.734. The van der Waals surface area contributed by atoms with E-state index < -0.39 is 17.8 Å². The molecule has 0 aliphatic rings. The molecule has 0 aromatic carbocycles. The van der Waals surface area contributed by atoms with Gasteiger partial charge < -0.3 is 15.2 Å². The van der Waals surface area contributed by atoms with Crippen LogP contribution in [0.25, 0.3) is 0 Å². The second-order valence-electron chi connectivity index (χ2n) is 3.27. The van der Waals surface area contributed by atoms with Gasteiger partial charge in [0, 0.05) is 6.54 Å². The Balaban J connectivity index is 3.59. The first-order valence-electron chi connectivity index (χ1n) is 4.57. The van der Waals surface area contributed by atoms with Crippen LogP contribution in [0.4, 0.5) is 0 Å². The molecule has 0 aliphatic heterocycles. The van der Waals surface area contributed by atoms with Crippen molar-refractivity contribution in [1.29, 1.82) is 0 Å². The quantitative estimate of drug-likeness (QED) is 0.479. The highest BCUT2D eigenvalue weighted by Crippen LogP contribution is 1.93. The standard InChI is InChI=1S/C9H17NO4/c1-6(2)14-5-4-10-8(11)7(3)9(12)13/h6-7H,4-5H2,1-3H3,(H,10,11)(H,12,13). The van der Waals surface area contributed by atoms with Crippen molar-refractivity contribution in [1.82, 2.24) is 5.32 Å². The summed E-state index contributed by atoms with van der Waals surface area (Å²) in [5.74, 6) is -2.61. The van der Waals surface area contributed by atoms with E-state index in [0.717, 1.165) is 0 Å². The third-order valence-electron chi connectivity index (χ3n) is 1.62. The molecule has 1 atom stereocenters. The third-order valence-corrected chi connectivity index (χ3v) is 1.62. The first-order chi connectivity index (χ1) is 6.45. The summed E-state index contributed by atoms with van der Waals surface area (Å²) in [5, 5.41) is 11.0. The number of carbonyl (C=O) groups excluding carboxylic acids is 1. The SMILES string of the molecule is CC(C)OCCNC(=O)C(C)C(=O)O. The van der Waals surface area contributed by atoms with E-state index in [1.54, 1.807) is 0 Å². The van der Waals surface area contributed by atoms with Gasteiger partial charge in [-0.15, -0.1) is 0 Å². The van der Waals surface area contributed by atoms with Gasteiger partial charge >= 0.3 is 5.97 Å². The number of rotatable bonds is 6. The van der Waals surface area contributed by atoms with E-state index >= 15 is 0 Å². The zero-order valence-electron chi connectivity index (χ0n) is 8.74. The van der Waals surface area contributed by atoms with E-state index in [9.17, 15) is 9.59 Å². The molecule has 0 rings (SSSR count). The number of carboxylic acid groups (broad SMARTS) is 1. The Morgan fingerprint density at radius 2 is 1.93 bits per heavy atom. The first-order valence-corrected chi connectivity index (χ1v) is 4.57. The van der Waals surface area contributed by atoms with Crippen molar-refractivity contribution < 1.29 is 19.4 Å². The van der Waals surface area contributed by atoms with Gasteiger partial charge in [-0.1, -0.05) is 0 Å². The maximum absolute atomic E-state index is 11.1. The van der Waals surface area contributed by atoms with E-state index in [1.807, 2.05) is 13.8 Å². The van der Waals surface area contributed by atoms with Crippen molar-refractivity contribution in [2.75, 3.05) is 13.2 Å². The molecule has 0 fully saturated rings. The lowest BCUT2D eigenvalue weighted by Gasteiger charge is -2.10. The van der Waals surface area contributed by atoms with Gasteiger partial charge in [0.2, 0.25) is 5.91 Å². The molecule has 5 heteroatoms. The Bertz CT molecular complexity index is 203. The Morgan fingerprint density at radius 1 is 1.36 bits per heavy atom. The number of ether oxygens (including phenoxy) is 1. The largest absolute Gasteiger partial charge is 0.481 e. The average molecular weight is 203 g/mol. The second kappa shape index (κ2) is 6.37. The molecule has 82 valence electrons. The highest BCUT2D eigenvalue weighted by Gasteiger charge is 2.19. The maximum Gasteiger partial charge on any atom is 0.315 e. The lowest BCUT2D eigenvalue weighted by atomic mass is 10.2. The minimum atomic E-state index is -1.12. The van der Waals surface area contributed by atoms with Gasteiger partial charge in [-0.25, -0.2) is 0 Å². The molecule has 14 heavy (non-hydrogen) atoms. The molecule has 0 heterocycles. The van der Waals surface area contributed by atoms with Crippen LogP contribution in [0.5, 0.6) is 0 Å². The van der Waals surface area contributed by atoms with Crippen LogP contribution >= 0.6 is 0 Å². The fourth-order valence-electron chi connectivity index (χ4n) is 0.734.